The number of unbranched alkanes of at least 4 members (excludes halogenated alkanes) is 7. The molecule has 1 atom stereocenters. The van der Waals surface area contributed by atoms with Crippen LogP contribution in [0.4, 0.5) is 0 Å². The number of carbonyl (C=O) groups excluding carboxylic acids is 1. The first kappa shape index (κ1) is 26.7. The molecule has 176 valence electrons. The quantitative estimate of drug-likeness (QED) is 0.107. The lowest BCUT2D eigenvalue weighted by molar-refractivity contribution is -0.142. The number of rotatable bonds is 16. The molecule has 0 unspecified atom stereocenters. The van der Waals surface area contributed by atoms with Crippen LogP contribution in [0.5, 0.6) is 0 Å². The highest BCUT2D eigenvalue weighted by molar-refractivity contribution is 8.00. The van der Waals surface area contributed by atoms with E-state index in [9.17, 15) is 4.79 Å². The molecule has 1 heterocycles. The molecule has 6 heteroatoms. The minimum atomic E-state index is -0.215. The van der Waals surface area contributed by atoms with E-state index in [2.05, 4.69) is 35.9 Å². The predicted molar refractivity (Wildman–Crippen MR) is 137 cm³/mol. The maximum atomic E-state index is 12.3. The van der Waals surface area contributed by atoms with E-state index in [0.717, 1.165) is 39.8 Å². The molecule has 0 radical (unpaired) electrons. The summed E-state index contributed by atoms with van der Waals surface area (Å²) in [5.74, 6) is 0.937. The number of aromatic nitrogens is 2. The average molecular weight is 475 g/mol. The van der Waals surface area contributed by atoms with Gasteiger partial charge in [-0.1, -0.05) is 82.7 Å². The molecule has 2 aromatic rings. The molecular formula is C26H38N2O2S2. The number of hydrogen-bond donors (Lipinski definition) is 0. The van der Waals surface area contributed by atoms with E-state index in [0.29, 0.717) is 6.61 Å². The van der Waals surface area contributed by atoms with Gasteiger partial charge in [-0.15, -0.1) is 11.8 Å². The molecule has 0 amide bonds. The number of ether oxygens (including phenoxy) is 1. The molecule has 4 nitrogen and oxygen atoms in total. The summed E-state index contributed by atoms with van der Waals surface area (Å²) in [7, 11) is 0. The van der Waals surface area contributed by atoms with Crippen LogP contribution in [-0.2, 0) is 9.53 Å². The number of nitrogens with zero attached hydrogens (tertiary/aromatic N) is 2. The van der Waals surface area contributed by atoms with E-state index in [1.807, 2.05) is 31.5 Å². The largest absolute Gasteiger partial charge is 0.465 e. The van der Waals surface area contributed by atoms with E-state index in [4.69, 9.17) is 4.74 Å². The molecule has 1 aromatic heterocycles. The SMILES string of the molecule is CCCCCCCCOC(=O)[C@@H](C)Sc1ccc(-c2cnc(SCCCCC)nc2)cc1. The third kappa shape index (κ3) is 10.4. The van der Waals surface area contributed by atoms with Gasteiger partial charge in [0.15, 0.2) is 5.16 Å². The molecule has 2 rings (SSSR count). The van der Waals surface area contributed by atoms with Gasteiger partial charge in [-0.2, -0.15) is 0 Å². The highest BCUT2D eigenvalue weighted by atomic mass is 32.2. The van der Waals surface area contributed by atoms with Crippen LogP contribution in [0.3, 0.4) is 0 Å². The van der Waals surface area contributed by atoms with Crippen molar-refractivity contribution in [2.45, 2.75) is 93.9 Å². The Kier molecular flexibility index (Phi) is 13.5. The Morgan fingerprint density at radius 2 is 1.50 bits per heavy atom. The van der Waals surface area contributed by atoms with Crippen molar-refractivity contribution in [3.63, 3.8) is 0 Å². The average Bonchev–Trinajstić information content (AvgIpc) is 2.82. The lowest BCUT2D eigenvalue weighted by Gasteiger charge is -2.12. The van der Waals surface area contributed by atoms with E-state index in [-0.39, 0.29) is 11.2 Å². The molecule has 32 heavy (non-hydrogen) atoms. The molecule has 0 spiro atoms. The molecule has 0 aliphatic rings. The van der Waals surface area contributed by atoms with Gasteiger partial charge in [0.2, 0.25) is 0 Å². The summed E-state index contributed by atoms with van der Waals surface area (Å²) >= 11 is 3.25. The lowest BCUT2D eigenvalue weighted by atomic mass is 10.1. The Morgan fingerprint density at radius 1 is 0.875 bits per heavy atom. The highest BCUT2D eigenvalue weighted by Gasteiger charge is 2.16. The summed E-state index contributed by atoms with van der Waals surface area (Å²) in [6, 6.07) is 8.21. The molecule has 0 fully saturated rings. The number of benzene rings is 1. The van der Waals surface area contributed by atoms with Crippen LogP contribution in [-0.4, -0.2) is 33.5 Å². The first-order chi connectivity index (χ1) is 15.6. The molecule has 0 aliphatic heterocycles. The minimum Gasteiger partial charge on any atom is -0.465 e. The van der Waals surface area contributed by atoms with Crippen LogP contribution in [0.25, 0.3) is 11.1 Å². The summed E-state index contributed by atoms with van der Waals surface area (Å²) < 4.78 is 5.45. The fourth-order valence-corrected chi connectivity index (χ4v) is 4.86. The van der Waals surface area contributed by atoms with Crippen LogP contribution < -0.4 is 0 Å². The minimum absolute atomic E-state index is 0.131. The van der Waals surface area contributed by atoms with Crippen molar-refractivity contribution < 1.29 is 9.53 Å². The van der Waals surface area contributed by atoms with E-state index in [1.54, 1.807) is 11.8 Å². The summed E-state index contributed by atoms with van der Waals surface area (Å²) in [4.78, 5) is 22.3. The van der Waals surface area contributed by atoms with Crippen LogP contribution in [0.1, 0.15) is 78.6 Å². The predicted octanol–water partition coefficient (Wildman–Crippen LogP) is 7.81. The van der Waals surface area contributed by atoms with Crippen molar-refractivity contribution in [2.24, 2.45) is 0 Å². The molecule has 0 saturated heterocycles. The third-order valence-electron chi connectivity index (χ3n) is 5.18. The first-order valence-corrected chi connectivity index (χ1v) is 13.9. The van der Waals surface area contributed by atoms with Gasteiger partial charge in [0, 0.05) is 28.6 Å². The number of carbonyl (C=O) groups is 1. The van der Waals surface area contributed by atoms with Gasteiger partial charge in [-0.05, 0) is 37.5 Å². The van der Waals surface area contributed by atoms with Crippen LogP contribution in [0, 0.1) is 0 Å². The second-order valence-corrected chi connectivity index (χ2v) is 10.5. The van der Waals surface area contributed by atoms with Crippen molar-refractivity contribution in [3.05, 3.63) is 36.7 Å². The Hall–Kier alpha value is -1.53. The van der Waals surface area contributed by atoms with Crippen molar-refractivity contribution in [1.29, 1.82) is 0 Å². The Balaban J connectivity index is 1.74. The fraction of sp³-hybridized carbons (Fsp3) is 0.577. The topological polar surface area (TPSA) is 52.1 Å². The smallest absolute Gasteiger partial charge is 0.319 e. The summed E-state index contributed by atoms with van der Waals surface area (Å²) in [6.07, 6.45) is 14.6. The summed E-state index contributed by atoms with van der Waals surface area (Å²) in [5, 5.41) is 0.624. The maximum absolute atomic E-state index is 12.3. The van der Waals surface area contributed by atoms with Crippen LogP contribution in [0.2, 0.25) is 0 Å². The van der Waals surface area contributed by atoms with E-state index < -0.39 is 0 Å². The molecule has 0 saturated carbocycles. The highest BCUT2D eigenvalue weighted by Crippen LogP contribution is 2.27. The zero-order chi connectivity index (χ0) is 23.0. The molecule has 0 aliphatic carbocycles. The van der Waals surface area contributed by atoms with Crippen molar-refractivity contribution in [1.82, 2.24) is 9.97 Å². The first-order valence-electron chi connectivity index (χ1n) is 12.0. The zero-order valence-corrected chi connectivity index (χ0v) is 21.5. The molecule has 1 aromatic carbocycles. The maximum Gasteiger partial charge on any atom is 0.319 e. The van der Waals surface area contributed by atoms with E-state index in [1.165, 1.54) is 56.7 Å². The monoisotopic (exact) mass is 474 g/mol. The van der Waals surface area contributed by atoms with Gasteiger partial charge in [0.25, 0.3) is 0 Å². The third-order valence-corrected chi connectivity index (χ3v) is 7.23. The van der Waals surface area contributed by atoms with Crippen LogP contribution in [0.15, 0.2) is 46.7 Å². The number of thioether (sulfide) groups is 2. The van der Waals surface area contributed by atoms with Gasteiger partial charge in [-0.25, -0.2) is 9.97 Å². The van der Waals surface area contributed by atoms with Gasteiger partial charge >= 0.3 is 5.97 Å². The van der Waals surface area contributed by atoms with Crippen molar-refractivity contribution in [3.8, 4) is 11.1 Å². The normalized spacial score (nSPS) is 12.0. The number of hydrogen-bond acceptors (Lipinski definition) is 6. The number of esters is 1. The fourth-order valence-electron chi connectivity index (χ4n) is 3.21. The van der Waals surface area contributed by atoms with Gasteiger partial charge in [-0.3, -0.25) is 4.79 Å². The Bertz CT molecular complexity index is 766. The van der Waals surface area contributed by atoms with Gasteiger partial charge in [0.05, 0.1) is 6.61 Å². The standard InChI is InChI=1S/C26H38N2O2S2/c1-4-6-8-9-10-11-17-30-25(29)21(3)32-24-15-13-22(14-16-24)23-19-27-26(28-20-23)31-18-12-7-5-2/h13-16,19-21H,4-12,17-18H2,1-3H3/t21-/m1/s1. The second-order valence-electron chi connectivity index (χ2n) is 8.03. The van der Waals surface area contributed by atoms with Gasteiger partial charge in [0.1, 0.15) is 5.25 Å². The second kappa shape index (κ2) is 16.1. The molecule has 0 bridgehead atoms. The Labute approximate surface area is 202 Å². The summed E-state index contributed by atoms with van der Waals surface area (Å²) in [6.45, 7) is 6.87. The van der Waals surface area contributed by atoms with Crippen molar-refractivity contribution >= 4 is 29.5 Å². The molecule has 0 N–H and O–H groups in total. The van der Waals surface area contributed by atoms with Crippen LogP contribution >= 0.6 is 23.5 Å². The Morgan fingerprint density at radius 3 is 2.19 bits per heavy atom. The van der Waals surface area contributed by atoms with Gasteiger partial charge < -0.3 is 4.74 Å². The van der Waals surface area contributed by atoms with Crippen molar-refractivity contribution in [2.75, 3.05) is 12.4 Å². The zero-order valence-electron chi connectivity index (χ0n) is 19.8. The molecular weight excluding hydrogens is 436 g/mol. The summed E-state index contributed by atoms with van der Waals surface area (Å²) in [5.41, 5.74) is 2.08. The lowest BCUT2D eigenvalue weighted by Crippen LogP contribution is -2.17. The van der Waals surface area contributed by atoms with E-state index >= 15 is 0 Å².